The first kappa shape index (κ1) is 15.3. The van der Waals surface area contributed by atoms with E-state index in [0.29, 0.717) is 5.82 Å². The Labute approximate surface area is 135 Å². The van der Waals surface area contributed by atoms with E-state index in [1.54, 1.807) is 0 Å². The largest absolute Gasteiger partial charge is 0.363 e. The van der Waals surface area contributed by atoms with Gasteiger partial charge in [0.1, 0.15) is 17.5 Å². The Morgan fingerprint density at radius 2 is 1.78 bits per heavy atom. The quantitative estimate of drug-likeness (QED) is 0.888. The van der Waals surface area contributed by atoms with Crippen LogP contribution in [0, 0.1) is 12.8 Å². The SMILES string of the molecule is Cc1nc(Nc2ccc(NC(=O)C3CC3)cc2)cc(N(C)C)n1. The predicted octanol–water partition coefficient (Wildman–Crippen LogP) is 2.94. The van der Waals surface area contributed by atoms with E-state index >= 15 is 0 Å². The summed E-state index contributed by atoms with van der Waals surface area (Å²) in [5.74, 6) is 2.64. The Hall–Kier alpha value is -2.63. The lowest BCUT2D eigenvalue weighted by Crippen LogP contribution is -2.13. The number of hydrogen-bond acceptors (Lipinski definition) is 5. The van der Waals surface area contributed by atoms with Crippen LogP contribution >= 0.6 is 0 Å². The summed E-state index contributed by atoms with van der Waals surface area (Å²) in [6.45, 7) is 1.87. The van der Waals surface area contributed by atoms with Gasteiger partial charge in [0, 0.05) is 37.5 Å². The zero-order valence-electron chi connectivity index (χ0n) is 13.6. The Bertz CT molecular complexity index is 707. The Morgan fingerprint density at radius 3 is 2.39 bits per heavy atom. The van der Waals surface area contributed by atoms with Crippen LogP contribution in [0.4, 0.5) is 23.0 Å². The summed E-state index contributed by atoms with van der Waals surface area (Å²) in [6.07, 6.45) is 2.01. The van der Waals surface area contributed by atoms with Crippen molar-refractivity contribution in [2.45, 2.75) is 19.8 Å². The van der Waals surface area contributed by atoms with Gasteiger partial charge in [-0.15, -0.1) is 0 Å². The van der Waals surface area contributed by atoms with Gasteiger partial charge in [-0.2, -0.15) is 0 Å². The molecule has 120 valence electrons. The minimum Gasteiger partial charge on any atom is -0.363 e. The molecule has 0 unspecified atom stereocenters. The fourth-order valence-corrected chi connectivity index (χ4v) is 2.22. The Balaban J connectivity index is 1.69. The summed E-state index contributed by atoms with van der Waals surface area (Å²) < 4.78 is 0. The van der Waals surface area contributed by atoms with Crippen LogP contribution in [0.2, 0.25) is 0 Å². The van der Waals surface area contributed by atoms with Crippen molar-refractivity contribution >= 4 is 28.9 Å². The number of rotatable bonds is 5. The van der Waals surface area contributed by atoms with Gasteiger partial charge in [-0.25, -0.2) is 9.97 Å². The molecule has 0 bridgehead atoms. The van der Waals surface area contributed by atoms with Crippen molar-refractivity contribution in [3.8, 4) is 0 Å². The Morgan fingerprint density at radius 1 is 1.13 bits per heavy atom. The standard InChI is InChI=1S/C17H21N5O/c1-11-18-15(10-16(19-11)22(2)3)20-13-6-8-14(9-7-13)21-17(23)12-4-5-12/h6-10,12H,4-5H2,1-3H3,(H,21,23)(H,18,19,20). The molecule has 2 N–H and O–H groups in total. The molecule has 1 aliphatic rings. The molecule has 1 aromatic heterocycles. The molecule has 1 aliphatic carbocycles. The van der Waals surface area contributed by atoms with E-state index in [0.717, 1.165) is 35.9 Å². The number of carbonyl (C=O) groups is 1. The van der Waals surface area contributed by atoms with Gasteiger partial charge in [0.2, 0.25) is 5.91 Å². The number of nitrogens with one attached hydrogen (secondary N) is 2. The van der Waals surface area contributed by atoms with Crippen molar-refractivity contribution < 1.29 is 4.79 Å². The van der Waals surface area contributed by atoms with Gasteiger partial charge in [0.05, 0.1) is 0 Å². The molecule has 6 heteroatoms. The second-order valence-electron chi connectivity index (χ2n) is 6.02. The molecule has 0 atom stereocenters. The normalized spacial score (nSPS) is 13.5. The molecule has 0 saturated heterocycles. The number of carbonyl (C=O) groups excluding carboxylic acids is 1. The number of benzene rings is 1. The van der Waals surface area contributed by atoms with E-state index < -0.39 is 0 Å². The fraction of sp³-hybridized carbons (Fsp3) is 0.353. The maximum absolute atomic E-state index is 11.7. The van der Waals surface area contributed by atoms with Crippen LogP contribution in [0.5, 0.6) is 0 Å². The van der Waals surface area contributed by atoms with Crippen LogP contribution in [0.25, 0.3) is 0 Å². The summed E-state index contributed by atoms with van der Waals surface area (Å²) in [4.78, 5) is 22.4. The molecular weight excluding hydrogens is 290 g/mol. The van der Waals surface area contributed by atoms with E-state index in [9.17, 15) is 4.79 Å². The minimum absolute atomic E-state index is 0.118. The van der Waals surface area contributed by atoms with Crippen LogP contribution in [0.15, 0.2) is 30.3 Å². The van der Waals surface area contributed by atoms with Gasteiger partial charge < -0.3 is 15.5 Å². The van der Waals surface area contributed by atoms with E-state index in [2.05, 4.69) is 20.6 Å². The molecule has 0 spiro atoms. The van der Waals surface area contributed by atoms with Gasteiger partial charge in [-0.3, -0.25) is 4.79 Å². The van der Waals surface area contributed by atoms with Crippen molar-refractivity contribution in [3.63, 3.8) is 0 Å². The predicted molar refractivity (Wildman–Crippen MR) is 92.2 cm³/mol. The van der Waals surface area contributed by atoms with Crippen molar-refractivity contribution in [2.75, 3.05) is 29.6 Å². The number of anilines is 4. The van der Waals surface area contributed by atoms with E-state index in [-0.39, 0.29) is 11.8 Å². The minimum atomic E-state index is 0.118. The number of aryl methyl sites for hydroxylation is 1. The lowest BCUT2D eigenvalue weighted by molar-refractivity contribution is -0.117. The zero-order valence-corrected chi connectivity index (χ0v) is 13.6. The molecule has 23 heavy (non-hydrogen) atoms. The first-order valence-corrected chi connectivity index (χ1v) is 7.72. The summed E-state index contributed by atoms with van der Waals surface area (Å²) >= 11 is 0. The number of amides is 1. The van der Waals surface area contributed by atoms with Gasteiger partial charge in [0.25, 0.3) is 0 Å². The number of nitrogens with zero attached hydrogens (tertiary/aromatic N) is 3. The highest BCUT2D eigenvalue weighted by Crippen LogP contribution is 2.30. The maximum atomic E-state index is 11.7. The van der Waals surface area contributed by atoms with Crippen LogP contribution in [-0.4, -0.2) is 30.0 Å². The van der Waals surface area contributed by atoms with Crippen molar-refractivity contribution in [2.24, 2.45) is 5.92 Å². The molecule has 0 aliphatic heterocycles. The molecule has 1 amide bonds. The second-order valence-corrected chi connectivity index (χ2v) is 6.02. The maximum Gasteiger partial charge on any atom is 0.227 e. The van der Waals surface area contributed by atoms with Crippen molar-refractivity contribution in [1.29, 1.82) is 0 Å². The molecule has 6 nitrogen and oxygen atoms in total. The van der Waals surface area contributed by atoms with Gasteiger partial charge in [-0.1, -0.05) is 0 Å². The molecule has 1 aromatic carbocycles. The molecule has 1 heterocycles. The molecule has 0 radical (unpaired) electrons. The third-order valence-corrected chi connectivity index (χ3v) is 3.66. The highest BCUT2D eigenvalue weighted by atomic mass is 16.2. The van der Waals surface area contributed by atoms with E-state index in [1.165, 1.54) is 0 Å². The zero-order chi connectivity index (χ0) is 16.4. The highest BCUT2D eigenvalue weighted by Gasteiger charge is 2.29. The number of hydrogen-bond donors (Lipinski definition) is 2. The van der Waals surface area contributed by atoms with Crippen LogP contribution < -0.4 is 15.5 Å². The molecule has 1 saturated carbocycles. The lowest BCUT2D eigenvalue weighted by atomic mass is 10.2. The fourth-order valence-electron chi connectivity index (χ4n) is 2.22. The van der Waals surface area contributed by atoms with Crippen molar-refractivity contribution in [1.82, 2.24) is 9.97 Å². The molecular formula is C17H21N5O. The topological polar surface area (TPSA) is 70.2 Å². The number of aromatic nitrogens is 2. The van der Waals surface area contributed by atoms with Gasteiger partial charge in [-0.05, 0) is 44.0 Å². The average molecular weight is 311 g/mol. The monoisotopic (exact) mass is 311 g/mol. The third-order valence-electron chi connectivity index (χ3n) is 3.66. The van der Waals surface area contributed by atoms with Gasteiger partial charge in [0.15, 0.2) is 0 Å². The van der Waals surface area contributed by atoms with E-state index in [4.69, 9.17) is 0 Å². The summed E-state index contributed by atoms with van der Waals surface area (Å²) in [6, 6.07) is 9.54. The first-order valence-electron chi connectivity index (χ1n) is 7.72. The summed E-state index contributed by atoms with van der Waals surface area (Å²) in [5, 5.41) is 6.19. The lowest BCUT2D eigenvalue weighted by Gasteiger charge is -2.14. The van der Waals surface area contributed by atoms with Crippen LogP contribution in [-0.2, 0) is 4.79 Å². The average Bonchev–Trinajstić information content (AvgIpc) is 3.33. The Kier molecular flexibility index (Phi) is 4.14. The molecule has 2 aromatic rings. The second kappa shape index (κ2) is 6.24. The smallest absolute Gasteiger partial charge is 0.227 e. The van der Waals surface area contributed by atoms with Crippen LogP contribution in [0.1, 0.15) is 18.7 Å². The molecule has 1 fully saturated rings. The summed E-state index contributed by atoms with van der Waals surface area (Å²) in [5.41, 5.74) is 1.73. The highest BCUT2D eigenvalue weighted by molar-refractivity contribution is 5.94. The third kappa shape index (κ3) is 3.97. The van der Waals surface area contributed by atoms with Gasteiger partial charge >= 0.3 is 0 Å². The van der Waals surface area contributed by atoms with Crippen LogP contribution in [0.3, 0.4) is 0 Å². The van der Waals surface area contributed by atoms with E-state index in [1.807, 2.05) is 56.3 Å². The summed E-state index contributed by atoms with van der Waals surface area (Å²) in [7, 11) is 3.89. The van der Waals surface area contributed by atoms with Crippen molar-refractivity contribution in [3.05, 3.63) is 36.2 Å². The first-order chi connectivity index (χ1) is 11.0. The molecule has 3 rings (SSSR count).